The van der Waals surface area contributed by atoms with Crippen LogP contribution in [0.1, 0.15) is 47.6 Å². The third-order valence-electron chi connectivity index (χ3n) is 4.84. The molecule has 2 N–H and O–H groups in total. The van der Waals surface area contributed by atoms with Gasteiger partial charge >= 0.3 is 5.97 Å². The Morgan fingerprint density at radius 2 is 1.60 bits per heavy atom. The van der Waals surface area contributed by atoms with E-state index in [0.29, 0.717) is 30.1 Å². The summed E-state index contributed by atoms with van der Waals surface area (Å²) in [7, 11) is 1.59. The van der Waals surface area contributed by atoms with Crippen LogP contribution in [-0.4, -0.2) is 47.9 Å². The second-order valence-corrected chi connectivity index (χ2v) is 7.89. The number of hydrogen-bond acceptors (Lipinski definition) is 6. The lowest BCUT2D eigenvalue weighted by molar-refractivity contribution is 0.0696. The minimum Gasteiger partial charge on any atom is -0.490 e. The average Bonchev–Trinajstić information content (AvgIpc) is 2.80. The highest BCUT2D eigenvalue weighted by Crippen LogP contribution is 2.26. The number of amides is 1. The lowest BCUT2D eigenvalue weighted by Gasteiger charge is -2.19. The maximum atomic E-state index is 12.9. The van der Waals surface area contributed by atoms with E-state index in [1.165, 1.54) is 18.3 Å². The van der Waals surface area contributed by atoms with Crippen LogP contribution in [0.4, 0.5) is 5.82 Å². The van der Waals surface area contributed by atoms with Crippen LogP contribution in [0.25, 0.3) is 0 Å². The number of nitrogens with zero attached hydrogens (tertiary/aromatic N) is 1. The molecule has 0 spiro atoms. The molecular weight excluding hydrogens is 448 g/mol. The predicted molar refractivity (Wildman–Crippen MR) is 135 cm³/mol. The second kappa shape index (κ2) is 13.1. The first-order valence-corrected chi connectivity index (χ1v) is 10.9. The quantitative estimate of drug-likeness (QED) is 0.393. The van der Waals surface area contributed by atoms with Crippen molar-refractivity contribution in [3.05, 3.63) is 83.6 Å². The molecular formula is C27H32N2O6. The Bertz CT molecular complexity index is 1100. The molecule has 0 saturated carbocycles. The van der Waals surface area contributed by atoms with Crippen LogP contribution in [0, 0.1) is 0 Å². The number of carboxylic acid groups (broad SMARTS) is 1. The van der Waals surface area contributed by atoms with Crippen molar-refractivity contribution in [3.63, 3.8) is 0 Å². The minimum atomic E-state index is -1.09. The smallest absolute Gasteiger partial charge is 0.337 e. The number of methoxy groups -OCH3 is 1. The molecule has 0 bridgehead atoms. The molecule has 0 aliphatic heterocycles. The van der Waals surface area contributed by atoms with Gasteiger partial charge in [-0.05, 0) is 43.7 Å². The van der Waals surface area contributed by atoms with Crippen molar-refractivity contribution in [1.29, 1.82) is 0 Å². The van der Waals surface area contributed by atoms with E-state index in [1.54, 1.807) is 25.3 Å². The molecule has 0 aliphatic carbocycles. The van der Waals surface area contributed by atoms with Gasteiger partial charge in [-0.1, -0.05) is 37.8 Å². The molecule has 0 aliphatic rings. The third kappa shape index (κ3) is 8.42. The van der Waals surface area contributed by atoms with Crippen LogP contribution in [-0.2, 0) is 11.2 Å². The van der Waals surface area contributed by atoms with Crippen LogP contribution in [0.2, 0.25) is 0 Å². The molecule has 35 heavy (non-hydrogen) atoms. The van der Waals surface area contributed by atoms with Gasteiger partial charge in [0, 0.05) is 31.4 Å². The molecule has 186 valence electrons. The van der Waals surface area contributed by atoms with E-state index >= 15 is 0 Å². The normalized spacial score (nSPS) is 12.1. The highest BCUT2D eigenvalue weighted by molar-refractivity contribution is 6.04. The van der Waals surface area contributed by atoms with Crippen molar-refractivity contribution >= 4 is 17.7 Å². The number of carbonyl (C=O) groups is 2. The third-order valence-corrected chi connectivity index (χ3v) is 4.84. The molecule has 0 saturated heterocycles. The Morgan fingerprint density at radius 1 is 0.943 bits per heavy atom. The first-order valence-electron chi connectivity index (χ1n) is 10.9. The second-order valence-electron chi connectivity index (χ2n) is 7.89. The van der Waals surface area contributed by atoms with Crippen LogP contribution < -0.4 is 14.8 Å². The van der Waals surface area contributed by atoms with E-state index in [0.717, 1.165) is 5.56 Å². The molecule has 0 fully saturated rings. The van der Waals surface area contributed by atoms with Crippen LogP contribution >= 0.6 is 0 Å². The molecule has 3 aromatic rings. The molecule has 2 aromatic carbocycles. The number of ether oxygens (including phenoxy) is 3. The zero-order valence-electron chi connectivity index (χ0n) is 19.4. The molecule has 8 nitrogen and oxygen atoms in total. The molecule has 3 rings (SSSR count). The summed E-state index contributed by atoms with van der Waals surface area (Å²) in [4.78, 5) is 27.9. The van der Waals surface area contributed by atoms with E-state index in [-0.39, 0.29) is 31.0 Å². The fraction of sp³-hybridized carbons (Fsp3) is 0.296. The van der Waals surface area contributed by atoms with E-state index in [4.69, 9.17) is 19.3 Å². The highest BCUT2D eigenvalue weighted by atomic mass is 16.5. The van der Waals surface area contributed by atoms with Crippen molar-refractivity contribution in [3.8, 4) is 11.5 Å². The summed E-state index contributed by atoms with van der Waals surface area (Å²) in [6, 6.07) is 17.8. The van der Waals surface area contributed by atoms with Gasteiger partial charge in [-0.25, -0.2) is 9.78 Å². The summed E-state index contributed by atoms with van der Waals surface area (Å²) in [5.74, 6) is -0.333. The number of rotatable bonds is 11. The van der Waals surface area contributed by atoms with Gasteiger partial charge in [0.2, 0.25) is 0 Å². The van der Waals surface area contributed by atoms with E-state index in [2.05, 4.69) is 10.3 Å². The largest absolute Gasteiger partial charge is 0.490 e. The van der Waals surface area contributed by atoms with Gasteiger partial charge in [-0.15, -0.1) is 0 Å². The van der Waals surface area contributed by atoms with Gasteiger partial charge in [0.25, 0.3) is 5.91 Å². The zero-order chi connectivity index (χ0) is 24.5. The van der Waals surface area contributed by atoms with Crippen LogP contribution in [0.3, 0.4) is 0 Å². The number of pyridine rings is 1. The zero-order valence-corrected chi connectivity index (χ0v) is 19.4. The Balaban J connectivity index is 0.00000432. The van der Waals surface area contributed by atoms with Gasteiger partial charge in [0.15, 0.2) is 0 Å². The maximum absolute atomic E-state index is 12.9. The SMILES string of the molecule is C.COC[C@H](C)Oc1cc(O[C@@H](C)Cc2ccccc2)cc(C(=O)Nc2ccc(C(=O)O)cn2)c1. The summed E-state index contributed by atoms with van der Waals surface area (Å²) in [5, 5.41) is 11.7. The number of aromatic nitrogens is 1. The van der Waals surface area contributed by atoms with Gasteiger partial charge in [0.1, 0.15) is 23.4 Å². The molecule has 1 heterocycles. The number of aromatic carboxylic acids is 1. The molecule has 8 heteroatoms. The monoisotopic (exact) mass is 480 g/mol. The standard InChI is InChI=1S/C26H28N2O6.CH4/c1-17(11-19-7-5-4-6-8-19)33-22-12-21(13-23(14-22)34-18(2)16-32-3)25(29)28-24-10-9-20(15-27-24)26(30)31;/h4-10,12-15,17-18H,11,16H2,1-3H3,(H,30,31)(H,27,28,29);1H4/t17-,18-;/m0./s1. The first kappa shape index (κ1) is 27.3. The van der Waals surface area contributed by atoms with E-state index in [1.807, 2.05) is 44.2 Å². The summed E-state index contributed by atoms with van der Waals surface area (Å²) >= 11 is 0. The number of carbonyl (C=O) groups excluding carboxylic acids is 1. The van der Waals surface area contributed by atoms with Crippen molar-refractivity contribution in [2.75, 3.05) is 19.0 Å². The van der Waals surface area contributed by atoms with E-state index in [9.17, 15) is 9.59 Å². The van der Waals surface area contributed by atoms with Crippen molar-refractivity contribution in [1.82, 2.24) is 4.98 Å². The van der Waals surface area contributed by atoms with Crippen molar-refractivity contribution < 1.29 is 28.9 Å². The predicted octanol–water partition coefficient (Wildman–Crippen LogP) is 5.09. The van der Waals surface area contributed by atoms with E-state index < -0.39 is 11.9 Å². The highest BCUT2D eigenvalue weighted by Gasteiger charge is 2.15. The Morgan fingerprint density at radius 3 is 2.17 bits per heavy atom. The number of carboxylic acids is 1. The summed E-state index contributed by atoms with van der Waals surface area (Å²) < 4.78 is 17.2. The fourth-order valence-electron chi connectivity index (χ4n) is 3.34. The first-order chi connectivity index (χ1) is 16.3. The lowest BCUT2D eigenvalue weighted by atomic mass is 10.1. The van der Waals surface area contributed by atoms with Crippen LogP contribution in [0.15, 0.2) is 66.9 Å². The fourth-order valence-corrected chi connectivity index (χ4v) is 3.34. The van der Waals surface area contributed by atoms with Gasteiger partial charge in [-0.3, -0.25) is 4.79 Å². The number of nitrogens with one attached hydrogen (secondary N) is 1. The Labute approximate surface area is 205 Å². The molecule has 1 amide bonds. The maximum Gasteiger partial charge on any atom is 0.337 e. The minimum absolute atomic E-state index is 0. The molecule has 2 atom stereocenters. The Hall–Kier alpha value is -3.91. The average molecular weight is 481 g/mol. The van der Waals surface area contributed by atoms with Crippen LogP contribution in [0.5, 0.6) is 11.5 Å². The van der Waals surface area contributed by atoms with Gasteiger partial charge < -0.3 is 24.6 Å². The van der Waals surface area contributed by atoms with Gasteiger partial charge in [-0.2, -0.15) is 0 Å². The number of benzene rings is 2. The summed E-state index contributed by atoms with van der Waals surface area (Å²) in [6.45, 7) is 4.21. The molecule has 0 unspecified atom stereocenters. The summed E-state index contributed by atoms with van der Waals surface area (Å²) in [5.41, 5.74) is 1.49. The molecule has 1 aromatic heterocycles. The van der Waals surface area contributed by atoms with Crippen molar-refractivity contribution in [2.24, 2.45) is 0 Å². The summed E-state index contributed by atoms with van der Waals surface area (Å²) in [6.07, 6.45) is 1.51. The number of hydrogen-bond donors (Lipinski definition) is 2. The van der Waals surface area contributed by atoms with Crippen molar-refractivity contribution in [2.45, 2.75) is 39.9 Å². The molecule has 0 radical (unpaired) electrons. The Kier molecular flexibility index (Phi) is 10.2. The lowest BCUT2D eigenvalue weighted by Crippen LogP contribution is -2.20. The van der Waals surface area contributed by atoms with Gasteiger partial charge in [0.05, 0.1) is 18.3 Å². The number of anilines is 1. The topological polar surface area (TPSA) is 107 Å².